The molecule has 7 heteroatoms. The average molecular weight is 339 g/mol. The molecule has 1 fully saturated rings. The highest BCUT2D eigenvalue weighted by atomic mass is 16.2. The summed E-state index contributed by atoms with van der Waals surface area (Å²) in [6, 6.07) is 7.05. The number of fused-ring (bicyclic) bond motifs is 1. The summed E-state index contributed by atoms with van der Waals surface area (Å²) >= 11 is 0. The second kappa shape index (κ2) is 6.76. The van der Waals surface area contributed by atoms with E-state index in [1.807, 2.05) is 4.68 Å². The number of piperidine rings is 1. The van der Waals surface area contributed by atoms with Gasteiger partial charge in [0, 0.05) is 19.6 Å². The van der Waals surface area contributed by atoms with Crippen LogP contribution in [0.15, 0.2) is 36.9 Å². The van der Waals surface area contributed by atoms with Gasteiger partial charge in [0.1, 0.15) is 12.7 Å². The normalized spacial score (nSPS) is 18.8. The van der Waals surface area contributed by atoms with Gasteiger partial charge in [0.15, 0.2) is 0 Å². The maximum absolute atomic E-state index is 12.4. The highest BCUT2D eigenvalue weighted by molar-refractivity contribution is 6.21. The SMILES string of the molecule is O=C1c2ccccc2C(=O)N1CCN1CCC(Cn2cncn2)CC1. The molecule has 1 aromatic heterocycles. The van der Waals surface area contributed by atoms with Crippen molar-refractivity contribution < 1.29 is 9.59 Å². The molecule has 130 valence electrons. The van der Waals surface area contributed by atoms with Crippen LogP contribution >= 0.6 is 0 Å². The molecule has 2 amide bonds. The quantitative estimate of drug-likeness (QED) is 0.768. The first-order valence-corrected chi connectivity index (χ1v) is 8.72. The minimum absolute atomic E-state index is 0.165. The number of imide groups is 1. The van der Waals surface area contributed by atoms with Gasteiger partial charge < -0.3 is 4.90 Å². The number of likely N-dealkylation sites (tertiary alicyclic amines) is 1. The van der Waals surface area contributed by atoms with E-state index in [1.165, 1.54) is 4.90 Å². The number of benzene rings is 1. The van der Waals surface area contributed by atoms with E-state index in [0.29, 0.717) is 23.6 Å². The van der Waals surface area contributed by atoms with Crippen LogP contribution in [0.1, 0.15) is 33.6 Å². The zero-order chi connectivity index (χ0) is 17.2. The number of carbonyl (C=O) groups excluding carboxylic acids is 2. The van der Waals surface area contributed by atoms with Crippen molar-refractivity contribution in [1.82, 2.24) is 24.6 Å². The van der Waals surface area contributed by atoms with E-state index in [1.54, 1.807) is 36.9 Å². The van der Waals surface area contributed by atoms with Crippen molar-refractivity contribution in [2.45, 2.75) is 19.4 Å². The van der Waals surface area contributed by atoms with E-state index in [9.17, 15) is 9.59 Å². The average Bonchev–Trinajstić information content (AvgIpc) is 3.23. The standard InChI is InChI=1S/C18H21N5O2/c24-17-15-3-1-2-4-16(15)18(25)23(17)10-9-21-7-5-14(6-8-21)11-22-13-19-12-20-22/h1-4,12-14H,5-11H2. The molecule has 0 unspecified atom stereocenters. The van der Waals surface area contributed by atoms with Gasteiger partial charge in [-0.25, -0.2) is 4.98 Å². The molecule has 0 aliphatic carbocycles. The number of hydrogen-bond acceptors (Lipinski definition) is 5. The first-order chi connectivity index (χ1) is 12.2. The van der Waals surface area contributed by atoms with E-state index >= 15 is 0 Å². The third-order valence-electron chi connectivity index (χ3n) is 5.14. The fourth-order valence-electron chi connectivity index (χ4n) is 3.67. The Kier molecular flexibility index (Phi) is 4.31. The Morgan fingerprint density at radius 1 is 1.00 bits per heavy atom. The zero-order valence-corrected chi connectivity index (χ0v) is 14.0. The van der Waals surface area contributed by atoms with Crippen molar-refractivity contribution in [3.63, 3.8) is 0 Å². The molecule has 0 radical (unpaired) electrons. The first-order valence-electron chi connectivity index (χ1n) is 8.72. The fourth-order valence-corrected chi connectivity index (χ4v) is 3.67. The van der Waals surface area contributed by atoms with Crippen LogP contribution in [-0.2, 0) is 6.54 Å². The molecule has 0 N–H and O–H groups in total. The number of hydrogen-bond donors (Lipinski definition) is 0. The van der Waals surface area contributed by atoms with Crippen LogP contribution in [0, 0.1) is 5.92 Å². The molecule has 4 rings (SSSR count). The summed E-state index contributed by atoms with van der Waals surface area (Å²) in [7, 11) is 0. The fraction of sp³-hybridized carbons (Fsp3) is 0.444. The molecule has 1 saturated heterocycles. The van der Waals surface area contributed by atoms with Crippen molar-refractivity contribution in [3.8, 4) is 0 Å². The number of amides is 2. The van der Waals surface area contributed by atoms with Crippen LogP contribution in [-0.4, -0.2) is 62.6 Å². The minimum atomic E-state index is -0.165. The summed E-state index contributed by atoms with van der Waals surface area (Å²) in [4.78, 5) is 32.5. The Hall–Kier alpha value is -2.54. The Morgan fingerprint density at radius 3 is 2.28 bits per heavy atom. The van der Waals surface area contributed by atoms with Crippen LogP contribution in [0.5, 0.6) is 0 Å². The Balaban J connectivity index is 1.27. The van der Waals surface area contributed by atoms with Gasteiger partial charge in [-0.05, 0) is 44.0 Å². The summed E-state index contributed by atoms with van der Waals surface area (Å²) < 4.78 is 1.89. The number of carbonyl (C=O) groups is 2. The Labute approximate surface area is 146 Å². The summed E-state index contributed by atoms with van der Waals surface area (Å²) in [5.74, 6) is 0.278. The first kappa shape index (κ1) is 16.0. The van der Waals surface area contributed by atoms with Gasteiger partial charge in [-0.1, -0.05) is 12.1 Å². The third-order valence-corrected chi connectivity index (χ3v) is 5.14. The molecule has 0 saturated carbocycles. The van der Waals surface area contributed by atoms with Crippen molar-refractivity contribution >= 4 is 11.8 Å². The van der Waals surface area contributed by atoms with Crippen molar-refractivity contribution in [1.29, 1.82) is 0 Å². The molecule has 0 spiro atoms. The lowest BCUT2D eigenvalue weighted by atomic mass is 9.97. The van der Waals surface area contributed by atoms with E-state index in [2.05, 4.69) is 15.0 Å². The second-order valence-electron chi connectivity index (χ2n) is 6.71. The molecule has 3 heterocycles. The highest BCUT2D eigenvalue weighted by Gasteiger charge is 2.35. The van der Waals surface area contributed by atoms with Gasteiger partial charge >= 0.3 is 0 Å². The maximum atomic E-state index is 12.4. The molecule has 0 atom stereocenters. The molecule has 2 aliphatic rings. The number of nitrogens with zero attached hydrogens (tertiary/aromatic N) is 5. The second-order valence-corrected chi connectivity index (χ2v) is 6.71. The largest absolute Gasteiger partial charge is 0.302 e. The highest BCUT2D eigenvalue weighted by Crippen LogP contribution is 2.23. The van der Waals surface area contributed by atoms with Crippen LogP contribution < -0.4 is 0 Å². The molecule has 25 heavy (non-hydrogen) atoms. The van der Waals surface area contributed by atoms with E-state index < -0.39 is 0 Å². The van der Waals surface area contributed by atoms with Gasteiger partial charge in [0.25, 0.3) is 11.8 Å². The van der Waals surface area contributed by atoms with Gasteiger partial charge in [-0.15, -0.1) is 0 Å². The predicted octanol–water partition coefficient (Wildman–Crippen LogP) is 1.29. The van der Waals surface area contributed by atoms with Crippen LogP contribution in [0.3, 0.4) is 0 Å². The smallest absolute Gasteiger partial charge is 0.261 e. The van der Waals surface area contributed by atoms with E-state index in [0.717, 1.165) is 39.0 Å². The molecular formula is C18H21N5O2. The molecule has 0 bridgehead atoms. The molecule has 2 aromatic rings. The zero-order valence-electron chi connectivity index (χ0n) is 14.0. The molecular weight excluding hydrogens is 318 g/mol. The van der Waals surface area contributed by atoms with Crippen molar-refractivity contribution in [2.75, 3.05) is 26.2 Å². The minimum Gasteiger partial charge on any atom is -0.302 e. The lowest BCUT2D eigenvalue weighted by Gasteiger charge is -2.32. The number of aromatic nitrogens is 3. The van der Waals surface area contributed by atoms with Crippen LogP contribution in [0.4, 0.5) is 0 Å². The lowest BCUT2D eigenvalue weighted by Crippen LogP contribution is -2.42. The monoisotopic (exact) mass is 339 g/mol. The third kappa shape index (κ3) is 3.19. The molecule has 1 aromatic carbocycles. The van der Waals surface area contributed by atoms with Gasteiger partial charge in [-0.2, -0.15) is 5.10 Å². The summed E-state index contributed by atoms with van der Waals surface area (Å²) in [5.41, 5.74) is 1.05. The summed E-state index contributed by atoms with van der Waals surface area (Å²) in [6.07, 6.45) is 5.52. The lowest BCUT2D eigenvalue weighted by molar-refractivity contribution is 0.0624. The maximum Gasteiger partial charge on any atom is 0.261 e. The Bertz CT molecular complexity index is 731. The molecule has 2 aliphatic heterocycles. The van der Waals surface area contributed by atoms with Crippen molar-refractivity contribution in [2.24, 2.45) is 5.92 Å². The summed E-state index contributed by atoms with van der Waals surface area (Å²) in [5, 5.41) is 4.16. The topological polar surface area (TPSA) is 71.3 Å². The van der Waals surface area contributed by atoms with E-state index in [4.69, 9.17) is 0 Å². The molecule has 7 nitrogen and oxygen atoms in total. The van der Waals surface area contributed by atoms with Gasteiger partial charge in [0.2, 0.25) is 0 Å². The number of rotatable bonds is 5. The van der Waals surface area contributed by atoms with Crippen LogP contribution in [0.2, 0.25) is 0 Å². The van der Waals surface area contributed by atoms with Gasteiger partial charge in [0.05, 0.1) is 11.1 Å². The Morgan fingerprint density at radius 2 is 1.68 bits per heavy atom. The van der Waals surface area contributed by atoms with Crippen molar-refractivity contribution in [3.05, 3.63) is 48.0 Å². The van der Waals surface area contributed by atoms with E-state index in [-0.39, 0.29) is 11.8 Å². The van der Waals surface area contributed by atoms with Crippen LogP contribution in [0.25, 0.3) is 0 Å². The van der Waals surface area contributed by atoms with Gasteiger partial charge in [-0.3, -0.25) is 19.2 Å². The predicted molar refractivity (Wildman–Crippen MR) is 91.0 cm³/mol. The summed E-state index contributed by atoms with van der Waals surface area (Å²) in [6.45, 7) is 4.08.